The van der Waals surface area contributed by atoms with Gasteiger partial charge in [-0.05, 0) is 0 Å². The van der Waals surface area contributed by atoms with Crippen molar-refractivity contribution in [1.29, 1.82) is 0 Å². The Morgan fingerprint density at radius 2 is 1.75 bits per heavy atom. The smallest absolute Gasteiger partial charge is 0.320 e. The molecule has 0 aromatic heterocycles. The molecule has 4 heavy (non-hydrogen) atoms. The van der Waals surface area contributed by atoms with Crippen molar-refractivity contribution in [3.8, 4) is 0 Å². The van der Waals surface area contributed by atoms with Gasteiger partial charge in [0.05, 0.1) is 0 Å². The van der Waals surface area contributed by atoms with Crippen LogP contribution in [-0.4, -0.2) is 6.66 Å². The monoisotopic (exact) mass is 112 g/mol. The molecule has 0 spiro atoms. The molecule has 0 bridgehead atoms. The second-order valence-corrected chi connectivity index (χ2v) is 1.06. The van der Waals surface area contributed by atoms with Crippen molar-refractivity contribution in [2.24, 2.45) is 0 Å². The van der Waals surface area contributed by atoms with Crippen LogP contribution in [0.25, 0.3) is 0 Å². The van der Waals surface area contributed by atoms with Crippen molar-refractivity contribution in [2.45, 2.75) is 0 Å². The van der Waals surface area contributed by atoms with Crippen LogP contribution in [0.4, 0.5) is 0 Å². The average Bonchev–Trinajstić information content (AvgIpc) is 0.918. The normalized spacial score (nSPS) is 7.50. The Balaban J connectivity index is 0. The maximum absolute atomic E-state index is 3.51. The molecule has 0 heterocycles. The molecule has 0 saturated carbocycles. The quantitative estimate of drug-likeness (QED) is 0.325. The minimum Gasteiger partial charge on any atom is -0.320 e. The van der Waals surface area contributed by atoms with Gasteiger partial charge in [-0.2, -0.15) is 0 Å². The van der Waals surface area contributed by atoms with Crippen LogP contribution in [0.2, 0.25) is 0 Å². The van der Waals surface area contributed by atoms with Gasteiger partial charge in [-0.3, -0.25) is 8.58 Å². The van der Waals surface area contributed by atoms with E-state index in [1.165, 1.54) is 0 Å². The summed E-state index contributed by atoms with van der Waals surface area (Å²) in [5.74, 6) is 0. The van der Waals surface area contributed by atoms with Gasteiger partial charge in [-0.15, -0.1) is 0 Å². The van der Waals surface area contributed by atoms with Gasteiger partial charge in [0.1, 0.15) is 0 Å². The summed E-state index contributed by atoms with van der Waals surface area (Å²) >= 11 is 0. The summed E-state index contributed by atoms with van der Waals surface area (Å²) in [5, 5.41) is 0. The molecule has 0 aliphatic heterocycles. The van der Waals surface area contributed by atoms with Crippen LogP contribution in [0.3, 0.4) is 0 Å². The fraction of sp³-hybridized carbons (Fsp3) is 0.500. The van der Waals surface area contributed by atoms with E-state index in [-0.39, 0.29) is 18.6 Å². The van der Waals surface area contributed by atoms with Gasteiger partial charge < -0.3 is 6.66 Å². The average molecular weight is 112 g/mol. The molecule has 0 amide bonds. The van der Waals surface area contributed by atoms with Crippen molar-refractivity contribution >= 4 is 8.58 Å². The Hall–Kier alpha value is 1.01. The Labute approximate surface area is 41.0 Å². The molecule has 23 valence electrons. The topological polar surface area (TPSA) is 0 Å². The molecule has 0 aliphatic rings. The van der Waals surface area contributed by atoms with Gasteiger partial charge >= 0.3 is 18.6 Å². The summed E-state index contributed by atoms with van der Waals surface area (Å²) in [4.78, 5) is 0. The van der Waals surface area contributed by atoms with Crippen molar-refractivity contribution in [3.63, 3.8) is 0 Å². The van der Waals surface area contributed by atoms with Gasteiger partial charge in [0.15, 0.2) is 0 Å². The van der Waals surface area contributed by atoms with Gasteiger partial charge in [0, 0.05) is 0 Å². The van der Waals surface area contributed by atoms with Gasteiger partial charge in [0.2, 0.25) is 0 Å². The molecule has 0 aromatic rings. The molecule has 2 heteroatoms. The zero-order valence-corrected chi connectivity index (χ0v) is 5.05. The molecule has 0 aromatic carbocycles. The number of hydrogen-bond donors (Lipinski definition) is 0. The summed E-state index contributed by atoms with van der Waals surface area (Å²) in [6.45, 7) is 5.56. The second kappa shape index (κ2) is 8.99. The first-order chi connectivity index (χ1) is 1.41. The van der Waals surface area contributed by atoms with Crippen LogP contribution in [0.1, 0.15) is 0 Å². The van der Waals surface area contributed by atoms with Crippen LogP contribution in [0.15, 0.2) is 0 Å². The van der Waals surface area contributed by atoms with Crippen LogP contribution in [-0.2, 0) is 18.6 Å². The largest absolute Gasteiger partial charge is 2.00 e. The van der Waals surface area contributed by atoms with Gasteiger partial charge in [0.25, 0.3) is 0 Å². The molecule has 1 atom stereocenters. The van der Waals surface area contributed by atoms with E-state index in [1.807, 2.05) is 6.66 Å². The maximum Gasteiger partial charge on any atom is 2.00 e. The van der Waals surface area contributed by atoms with E-state index >= 15 is 0 Å². The minimum atomic E-state index is 0. The first-order valence-corrected chi connectivity index (χ1v) is 2.56. The third-order valence-electron chi connectivity index (χ3n) is 0. The first kappa shape index (κ1) is 8.89. The van der Waals surface area contributed by atoms with E-state index < -0.39 is 0 Å². The molecule has 0 N–H and O–H groups in total. The SMILES string of the molecule is [CH2-]PC.[V+2]. The fourth-order valence-electron chi connectivity index (χ4n) is 0. The Morgan fingerprint density at radius 1 is 1.75 bits per heavy atom. The molecule has 1 radical (unpaired) electrons. The number of hydrogen-bond acceptors (Lipinski definition) is 0. The van der Waals surface area contributed by atoms with E-state index in [2.05, 4.69) is 6.66 Å². The first-order valence-electron chi connectivity index (χ1n) is 0.854. The third-order valence-corrected chi connectivity index (χ3v) is 0. The molecular weight excluding hydrogens is 106 g/mol. The summed E-state index contributed by atoms with van der Waals surface area (Å²) < 4.78 is 0. The minimum absolute atomic E-state index is 0. The van der Waals surface area contributed by atoms with E-state index in [1.54, 1.807) is 0 Å². The number of rotatable bonds is 0. The molecule has 0 saturated heterocycles. The maximum atomic E-state index is 3.51. The fourth-order valence-corrected chi connectivity index (χ4v) is 0. The third kappa shape index (κ3) is 11.9. The Morgan fingerprint density at radius 3 is 1.75 bits per heavy atom. The standard InChI is InChI=1S/C2H6P.V/c1-3-2;/h3H,1H2,2H3;/q-1;+2. The van der Waals surface area contributed by atoms with Crippen LogP contribution >= 0.6 is 8.58 Å². The molecule has 1 unspecified atom stereocenters. The van der Waals surface area contributed by atoms with E-state index in [4.69, 9.17) is 0 Å². The van der Waals surface area contributed by atoms with Gasteiger partial charge in [-0.1, -0.05) is 6.66 Å². The van der Waals surface area contributed by atoms with Crippen LogP contribution < -0.4 is 0 Å². The molecule has 0 nitrogen and oxygen atoms in total. The van der Waals surface area contributed by atoms with E-state index in [0.29, 0.717) is 0 Å². The van der Waals surface area contributed by atoms with Gasteiger partial charge in [-0.25, -0.2) is 0 Å². The molecule has 0 rings (SSSR count). The van der Waals surface area contributed by atoms with Crippen molar-refractivity contribution in [1.82, 2.24) is 0 Å². The zero-order chi connectivity index (χ0) is 2.71. The van der Waals surface area contributed by atoms with Crippen LogP contribution in [0, 0.1) is 6.66 Å². The van der Waals surface area contributed by atoms with Crippen LogP contribution in [0.5, 0.6) is 0 Å². The summed E-state index contributed by atoms with van der Waals surface area (Å²) in [6, 6.07) is 0. The van der Waals surface area contributed by atoms with Crippen molar-refractivity contribution in [3.05, 3.63) is 6.66 Å². The Bertz CT molecular complexity index is 6.00. The summed E-state index contributed by atoms with van der Waals surface area (Å²) in [5.41, 5.74) is 0. The molecular formula is C2H6PV+. The predicted molar refractivity (Wildman–Crippen MR) is 19.6 cm³/mol. The molecule has 0 aliphatic carbocycles. The summed E-state index contributed by atoms with van der Waals surface area (Å²) in [6.07, 6.45) is 0. The van der Waals surface area contributed by atoms with Crippen molar-refractivity contribution < 1.29 is 18.6 Å². The van der Waals surface area contributed by atoms with E-state index in [9.17, 15) is 0 Å². The summed E-state index contributed by atoms with van der Waals surface area (Å²) in [7, 11) is 0.833. The predicted octanol–water partition coefficient (Wildman–Crippen LogP) is 1.08. The second-order valence-electron chi connectivity index (χ2n) is 0.354. The van der Waals surface area contributed by atoms with Crippen molar-refractivity contribution in [2.75, 3.05) is 6.66 Å². The Kier molecular flexibility index (Phi) is 20.0. The van der Waals surface area contributed by atoms with E-state index in [0.717, 1.165) is 8.58 Å². The zero-order valence-electron chi connectivity index (χ0n) is 2.65. The molecule has 0 fully saturated rings.